The van der Waals surface area contributed by atoms with E-state index in [1.165, 1.54) is 6.42 Å². The molecule has 1 atom stereocenters. The van der Waals surface area contributed by atoms with E-state index in [1.807, 2.05) is 6.07 Å². The van der Waals surface area contributed by atoms with Crippen LogP contribution in [-0.2, 0) is 0 Å². The van der Waals surface area contributed by atoms with Crippen LogP contribution in [0.2, 0.25) is 0 Å². The summed E-state index contributed by atoms with van der Waals surface area (Å²) in [6.45, 7) is 7.61. The normalized spacial score (nSPS) is 13.5. The lowest BCUT2D eigenvalue weighted by Crippen LogP contribution is -2.20. The minimum absolute atomic E-state index is 0.276. The lowest BCUT2D eigenvalue weighted by atomic mass is 10.1. The lowest BCUT2D eigenvalue weighted by molar-refractivity contribution is 0.415. The summed E-state index contributed by atoms with van der Waals surface area (Å²) >= 11 is 3.45. The highest BCUT2D eigenvalue weighted by molar-refractivity contribution is 9.10. The van der Waals surface area contributed by atoms with Crippen LogP contribution < -0.4 is 5.32 Å². The minimum Gasteiger partial charge on any atom is -0.466 e. The predicted molar refractivity (Wildman–Crippen MR) is 62.3 cm³/mol. The van der Waals surface area contributed by atoms with Crippen LogP contribution in [0.4, 0.5) is 0 Å². The number of furan rings is 1. The first-order valence-electron chi connectivity index (χ1n) is 5.07. The molecule has 0 fully saturated rings. The molecule has 0 amide bonds. The Morgan fingerprint density at radius 3 is 2.64 bits per heavy atom. The van der Waals surface area contributed by atoms with Gasteiger partial charge in [0, 0.05) is 0 Å². The monoisotopic (exact) mass is 259 g/mol. The molecule has 0 saturated heterocycles. The largest absolute Gasteiger partial charge is 0.466 e. The zero-order valence-corrected chi connectivity index (χ0v) is 10.6. The molecule has 1 aromatic heterocycles. The van der Waals surface area contributed by atoms with Gasteiger partial charge in [-0.2, -0.15) is 0 Å². The standard InChI is InChI=1S/C11H18BrNO/c1-8(2)4-6-13-9(3)11-10(12)5-7-14-11/h5,7-9,13H,4,6H2,1-3H3. The van der Waals surface area contributed by atoms with Crippen molar-refractivity contribution in [1.82, 2.24) is 5.32 Å². The summed E-state index contributed by atoms with van der Waals surface area (Å²) in [5, 5.41) is 3.43. The molecule has 80 valence electrons. The first kappa shape index (κ1) is 11.8. The Bertz CT molecular complexity index is 270. The fraction of sp³-hybridized carbons (Fsp3) is 0.636. The maximum absolute atomic E-state index is 5.37. The van der Waals surface area contributed by atoms with Crippen molar-refractivity contribution in [2.24, 2.45) is 5.92 Å². The minimum atomic E-state index is 0.276. The topological polar surface area (TPSA) is 25.2 Å². The van der Waals surface area contributed by atoms with Crippen molar-refractivity contribution in [2.45, 2.75) is 33.2 Å². The van der Waals surface area contributed by atoms with Crippen LogP contribution in [0.1, 0.15) is 39.0 Å². The highest BCUT2D eigenvalue weighted by Gasteiger charge is 2.11. The zero-order chi connectivity index (χ0) is 10.6. The van der Waals surface area contributed by atoms with E-state index in [0.29, 0.717) is 0 Å². The summed E-state index contributed by atoms with van der Waals surface area (Å²) in [6, 6.07) is 2.20. The summed E-state index contributed by atoms with van der Waals surface area (Å²) in [4.78, 5) is 0. The second-order valence-corrected chi connectivity index (χ2v) is 4.85. The molecule has 1 unspecified atom stereocenters. The second kappa shape index (κ2) is 5.56. The molecule has 3 heteroatoms. The molecule has 1 aromatic rings. The van der Waals surface area contributed by atoms with E-state index in [2.05, 4.69) is 42.0 Å². The maximum Gasteiger partial charge on any atom is 0.134 e. The van der Waals surface area contributed by atoms with E-state index in [0.717, 1.165) is 22.7 Å². The number of hydrogen-bond acceptors (Lipinski definition) is 2. The van der Waals surface area contributed by atoms with Crippen molar-refractivity contribution in [1.29, 1.82) is 0 Å². The van der Waals surface area contributed by atoms with Gasteiger partial charge in [-0.05, 0) is 47.8 Å². The van der Waals surface area contributed by atoms with Crippen LogP contribution in [0.3, 0.4) is 0 Å². The first-order valence-corrected chi connectivity index (χ1v) is 5.87. The number of rotatable bonds is 5. The lowest BCUT2D eigenvalue weighted by Gasteiger charge is -2.12. The SMILES string of the molecule is CC(C)CCNC(C)c1occc1Br. The van der Waals surface area contributed by atoms with Crippen molar-refractivity contribution < 1.29 is 4.42 Å². The van der Waals surface area contributed by atoms with E-state index >= 15 is 0 Å². The molecule has 0 aliphatic rings. The molecule has 1 heterocycles. The molecule has 0 aromatic carbocycles. The quantitative estimate of drug-likeness (QED) is 0.872. The third-order valence-electron chi connectivity index (χ3n) is 2.21. The average molecular weight is 260 g/mol. The van der Waals surface area contributed by atoms with Crippen LogP contribution in [0, 0.1) is 5.92 Å². The van der Waals surface area contributed by atoms with Crippen LogP contribution in [0.5, 0.6) is 0 Å². The van der Waals surface area contributed by atoms with Crippen LogP contribution in [0.15, 0.2) is 21.2 Å². The van der Waals surface area contributed by atoms with Gasteiger partial charge >= 0.3 is 0 Å². The van der Waals surface area contributed by atoms with Crippen molar-refractivity contribution in [3.63, 3.8) is 0 Å². The average Bonchev–Trinajstić information content (AvgIpc) is 2.50. The number of halogens is 1. The Balaban J connectivity index is 2.36. The van der Waals surface area contributed by atoms with Crippen molar-refractivity contribution >= 4 is 15.9 Å². The third kappa shape index (κ3) is 3.46. The molecule has 0 aliphatic carbocycles. The van der Waals surface area contributed by atoms with Crippen molar-refractivity contribution in [3.8, 4) is 0 Å². The smallest absolute Gasteiger partial charge is 0.134 e. The molecule has 14 heavy (non-hydrogen) atoms. The van der Waals surface area contributed by atoms with E-state index < -0.39 is 0 Å². The van der Waals surface area contributed by atoms with Gasteiger partial charge < -0.3 is 9.73 Å². The van der Waals surface area contributed by atoms with Gasteiger partial charge in [0.25, 0.3) is 0 Å². The molecule has 0 saturated carbocycles. The molecule has 0 bridgehead atoms. The predicted octanol–water partition coefficient (Wildman–Crippen LogP) is 3.74. The fourth-order valence-electron chi connectivity index (χ4n) is 1.30. The van der Waals surface area contributed by atoms with Crippen LogP contribution in [0.25, 0.3) is 0 Å². The van der Waals surface area contributed by atoms with Crippen molar-refractivity contribution in [2.75, 3.05) is 6.54 Å². The molecule has 1 N–H and O–H groups in total. The molecule has 0 spiro atoms. The van der Waals surface area contributed by atoms with Gasteiger partial charge in [0.05, 0.1) is 16.8 Å². The van der Waals surface area contributed by atoms with E-state index in [-0.39, 0.29) is 6.04 Å². The van der Waals surface area contributed by atoms with Gasteiger partial charge in [0.1, 0.15) is 5.76 Å². The summed E-state index contributed by atoms with van der Waals surface area (Å²) in [5.41, 5.74) is 0. The van der Waals surface area contributed by atoms with Crippen molar-refractivity contribution in [3.05, 3.63) is 22.6 Å². The van der Waals surface area contributed by atoms with Gasteiger partial charge in [0.2, 0.25) is 0 Å². The number of hydrogen-bond donors (Lipinski definition) is 1. The zero-order valence-electron chi connectivity index (χ0n) is 9.01. The Morgan fingerprint density at radius 2 is 2.14 bits per heavy atom. The molecular formula is C11H18BrNO. The molecule has 0 aliphatic heterocycles. The third-order valence-corrected chi connectivity index (χ3v) is 2.87. The number of nitrogens with one attached hydrogen (secondary N) is 1. The van der Waals surface area contributed by atoms with E-state index in [9.17, 15) is 0 Å². The molecular weight excluding hydrogens is 242 g/mol. The Kier molecular flexibility index (Phi) is 4.69. The summed E-state index contributed by atoms with van der Waals surface area (Å²) < 4.78 is 6.42. The highest BCUT2D eigenvalue weighted by atomic mass is 79.9. The van der Waals surface area contributed by atoms with Gasteiger partial charge in [0.15, 0.2) is 0 Å². The van der Waals surface area contributed by atoms with Gasteiger partial charge in [-0.25, -0.2) is 0 Å². The van der Waals surface area contributed by atoms with Crippen LogP contribution in [-0.4, -0.2) is 6.54 Å². The fourth-order valence-corrected chi connectivity index (χ4v) is 1.84. The van der Waals surface area contributed by atoms with E-state index in [1.54, 1.807) is 6.26 Å². The summed E-state index contributed by atoms with van der Waals surface area (Å²) in [5.74, 6) is 1.73. The Labute approximate surface area is 94.2 Å². The second-order valence-electron chi connectivity index (χ2n) is 3.99. The van der Waals surface area contributed by atoms with Gasteiger partial charge in [-0.15, -0.1) is 0 Å². The molecule has 2 nitrogen and oxygen atoms in total. The summed E-state index contributed by atoms with van der Waals surface area (Å²) in [6.07, 6.45) is 2.91. The maximum atomic E-state index is 5.37. The van der Waals surface area contributed by atoms with Gasteiger partial charge in [-0.1, -0.05) is 13.8 Å². The Hall–Kier alpha value is -0.280. The first-order chi connectivity index (χ1) is 6.61. The van der Waals surface area contributed by atoms with Gasteiger partial charge in [-0.3, -0.25) is 0 Å². The molecule has 1 rings (SSSR count). The molecule has 0 radical (unpaired) electrons. The van der Waals surface area contributed by atoms with E-state index in [4.69, 9.17) is 4.42 Å². The van der Waals surface area contributed by atoms with Crippen LogP contribution >= 0.6 is 15.9 Å². The summed E-state index contributed by atoms with van der Waals surface area (Å²) in [7, 11) is 0. The highest BCUT2D eigenvalue weighted by Crippen LogP contribution is 2.23. The Morgan fingerprint density at radius 1 is 1.43 bits per heavy atom.